The highest BCUT2D eigenvalue weighted by Crippen LogP contribution is 2.37. The maximum absolute atomic E-state index is 3.87. The van der Waals surface area contributed by atoms with E-state index in [9.17, 15) is 0 Å². The van der Waals surface area contributed by atoms with Crippen molar-refractivity contribution in [1.82, 2.24) is 0 Å². The van der Waals surface area contributed by atoms with Gasteiger partial charge in [-0.2, -0.15) is 0 Å². The summed E-state index contributed by atoms with van der Waals surface area (Å²) in [6.45, 7) is 3.87. The third-order valence-electron chi connectivity index (χ3n) is 4.91. The molecule has 0 nitrogen and oxygen atoms in total. The topological polar surface area (TPSA) is 0 Å². The van der Waals surface area contributed by atoms with Crippen molar-refractivity contribution in [3.63, 3.8) is 0 Å². The first-order valence-corrected chi connectivity index (χ1v) is 9.02. The Labute approximate surface area is 142 Å². The second-order valence-electron chi connectivity index (χ2n) is 6.37. The van der Waals surface area contributed by atoms with E-state index in [-0.39, 0.29) is 0 Å². The molecule has 1 saturated carbocycles. The molecular weight excluding hydrogens is 332 g/mol. The summed E-state index contributed by atoms with van der Waals surface area (Å²) in [7, 11) is 0. The number of benzene rings is 2. The molecule has 0 aliphatic heterocycles. The van der Waals surface area contributed by atoms with Gasteiger partial charge in [0.15, 0.2) is 0 Å². The molecule has 0 heterocycles. The lowest BCUT2D eigenvalue weighted by atomic mass is 9.77. The van der Waals surface area contributed by atoms with Crippen molar-refractivity contribution < 1.29 is 0 Å². The maximum Gasteiger partial charge on any atom is 0.0175 e. The molecule has 0 radical (unpaired) electrons. The third-order valence-corrected chi connectivity index (χ3v) is 5.44. The standard InChI is InChI=1S/C21H23Br/c1-2-3-16-4-6-17(7-5-16)18-8-10-19(11-9-18)20-12-14-21(22)15-13-20/h2,8-17H,1,3-7H2/t16-,17-. The Morgan fingerprint density at radius 2 is 1.41 bits per heavy atom. The zero-order valence-electron chi connectivity index (χ0n) is 13.0. The fraction of sp³-hybridized carbons (Fsp3) is 0.333. The van der Waals surface area contributed by atoms with Crippen molar-refractivity contribution in [2.75, 3.05) is 0 Å². The molecule has 0 unspecified atom stereocenters. The molecule has 0 atom stereocenters. The molecule has 3 rings (SSSR count). The van der Waals surface area contributed by atoms with Gasteiger partial charge in [0.1, 0.15) is 0 Å². The fourth-order valence-corrected chi connectivity index (χ4v) is 3.82. The Kier molecular flexibility index (Phi) is 5.15. The molecule has 114 valence electrons. The van der Waals surface area contributed by atoms with Gasteiger partial charge in [0, 0.05) is 4.47 Å². The number of hydrogen-bond donors (Lipinski definition) is 0. The SMILES string of the molecule is C=CC[C@H]1CC[C@H](c2ccc(-c3ccc(Br)cc3)cc2)CC1. The number of hydrogen-bond acceptors (Lipinski definition) is 0. The van der Waals surface area contributed by atoms with Crippen molar-refractivity contribution in [1.29, 1.82) is 0 Å². The van der Waals surface area contributed by atoms with E-state index < -0.39 is 0 Å². The van der Waals surface area contributed by atoms with Crippen LogP contribution < -0.4 is 0 Å². The van der Waals surface area contributed by atoms with Crippen molar-refractivity contribution in [2.45, 2.75) is 38.0 Å². The van der Waals surface area contributed by atoms with Gasteiger partial charge in [-0.15, -0.1) is 6.58 Å². The highest BCUT2D eigenvalue weighted by atomic mass is 79.9. The van der Waals surface area contributed by atoms with E-state index in [4.69, 9.17) is 0 Å². The van der Waals surface area contributed by atoms with Crippen LogP contribution in [0.4, 0.5) is 0 Å². The van der Waals surface area contributed by atoms with Crippen molar-refractivity contribution in [2.24, 2.45) is 5.92 Å². The monoisotopic (exact) mass is 354 g/mol. The molecule has 0 amide bonds. The number of rotatable bonds is 4. The highest BCUT2D eigenvalue weighted by molar-refractivity contribution is 9.10. The van der Waals surface area contributed by atoms with E-state index >= 15 is 0 Å². The Balaban J connectivity index is 1.67. The van der Waals surface area contributed by atoms with Gasteiger partial charge in [-0.1, -0.05) is 58.4 Å². The summed E-state index contributed by atoms with van der Waals surface area (Å²) >= 11 is 3.49. The van der Waals surface area contributed by atoms with Gasteiger partial charge in [0.05, 0.1) is 0 Å². The molecule has 1 aliphatic carbocycles. The Bertz CT molecular complexity index is 601. The normalized spacial score (nSPS) is 21.5. The summed E-state index contributed by atoms with van der Waals surface area (Å²) in [5, 5.41) is 0. The Morgan fingerprint density at radius 1 is 0.864 bits per heavy atom. The molecule has 0 spiro atoms. The summed E-state index contributed by atoms with van der Waals surface area (Å²) in [5.74, 6) is 1.62. The van der Waals surface area contributed by atoms with Gasteiger partial charge in [0.25, 0.3) is 0 Å². The van der Waals surface area contributed by atoms with E-state index in [2.05, 4.69) is 77.1 Å². The quantitative estimate of drug-likeness (QED) is 0.520. The second kappa shape index (κ2) is 7.28. The van der Waals surface area contributed by atoms with Crippen LogP contribution in [0.3, 0.4) is 0 Å². The number of halogens is 1. The highest BCUT2D eigenvalue weighted by Gasteiger charge is 2.21. The molecule has 1 aliphatic rings. The minimum atomic E-state index is 0.750. The predicted octanol–water partition coefficient (Wildman–Crippen LogP) is 6.97. The van der Waals surface area contributed by atoms with Gasteiger partial charge < -0.3 is 0 Å². The van der Waals surface area contributed by atoms with Crippen LogP contribution in [0.1, 0.15) is 43.6 Å². The van der Waals surface area contributed by atoms with Crippen LogP contribution in [-0.4, -0.2) is 0 Å². The molecule has 0 aromatic heterocycles. The molecule has 2 aromatic carbocycles. The van der Waals surface area contributed by atoms with Crippen LogP contribution in [0, 0.1) is 5.92 Å². The minimum Gasteiger partial charge on any atom is -0.103 e. The van der Waals surface area contributed by atoms with Gasteiger partial charge in [0.2, 0.25) is 0 Å². The van der Waals surface area contributed by atoms with E-state index in [1.807, 2.05) is 0 Å². The van der Waals surface area contributed by atoms with Crippen LogP contribution in [0.25, 0.3) is 11.1 Å². The van der Waals surface area contributed by atoms with Gasteiger partial charge in [-0.3, -0.25) is 0 Å². The van der Waals surface area contributed by atoms with Crippen LogP contribution in [0.2, 0.25) is 0 Å². The lowest BCUT2D eigenvalue weighted by Crippen LogP contribution is -2.12. The van der Waals surface area contributed by atoms with Gasteiger partial charge in [-0.25, -0.2) is 0 Å². The average Bonchev–Trinajstić information content (AvgIpc) is 2.57. The Morgan fingerprint density at radius 3 is 1.95 bits per heavy atom. The molecule has 0 saturated heterocycles. The van der Waals surface area contributed by atoms with Crippen molar-refractivity contribution in [3.05, 3.63) is 71.2 Å². The van der Waals surface area contributed by atoms with E-state index in [0.717, 1.165) is 16.3 Å². The Hall–Kier alpha value is -1.34. The summed E-state index contributed by atoms with van der Waals surface area (Å²) in [6, 6.07) is 17.7. The maximum atomic E-state index is 3.87. The summed E-state index contributed by atoms with van der Waals surface area (Å²) in [5.41, 5.74) is 4.10. The third kappa shape index (κ3) is 3.70. The first-order valence-electron chi connectivity index (χ1n) is 8.23. The zero-order valence-corrected chi connectivity index (χ0v) is 14.6. The molecule has 22 heavy (non-hydrogen) atoms. The van der Waals surface area contributed by atoms with Crippen molar-refractivity contribution >= 4 is 15.9 Å². The van der Waals surface area contributed by atoms with E-state index in [1.54, 1.807) is 0 Å². The largest absolute Gasteiger partial charge is 0.103 e. The molecule has 1 fully saturated rings. The van der Waals surface area contributed by atoms with Gasteiger partial charge >= 0.3 is 0 Å². The summed E-state index contributed by atoms with van der Waals surface area (Å²) in [4.78, 5) is 0. The zero-order chi connectivity index (χ0) is 15.4. The second-order valence-corrected chi connectivity index (χ2v) is 7.29. The van der Waals surface area contributed by atoms with Crippen LogP contribution in [0.15, 0.2) is 65.7 Å². The lowest BCUT2D eigenvalue weighted by Gasteiger charge is -2.28. The molecule has 2 aromatic rings. The van der Waals surface area contributed by atoms with Gasteiger partial charge in [-0.05, 0) is 72.8 Å². The summed E-state index contributed by atoms with van der Waals surface area (Å²) in [6.07, 6.45) is 8.63. The first kappa shape index (κ1) is 15.6. The van der Waals surface area contributed by atoms with Crippen LogP contribution in [0.5, 0.6) is 0 Å². The predicted molar refractivity (Wildman–Crippen MR) is 99.1 cm³/mol. The fourth-order valence-electron chi connectivity index (χ4n) is 3.56. The van der Waals surface area contributed by atoms with Crippen molar-refractivity contribution in [3.8, 4) is 11.1 Å². The van der Waals surface area contributed by atoms with Crippen LogP contribution in [-0.2, 0) is 0 Å². The van der Waals surface area contributed by atoms with E-state index in [0.29, 0.717) is 0 Å². The van der Waals surface area contributed by atoms with Crippen LogP contribution >= 0.6 is 15.9 Å². The average molecular weight is 355 g/mol. The lowest BCUT2D eigenvalue weighted by molar-refractivity contribution is 0.328. The summed E-state index contributed by atoms with van der Waals surface area (Å²) < 4.78 is 1.13. The molecular formula is C21H23Br. The van der Waals surface area contributed by atoms with E-state index in [1.165, 1.54) is 48.8 Å². The number of allylic oxidation sites excluding steroid dienone is 1. The minimum absolute atomic E-state index is 0.750. The smallest absolute Gasteiger partial charge is 0.0175 e. The molecule has 0 N–H and O–H groups in total. The molecule has 0 bridgehead atoms. The first-order chi connectivity index (χ1) is 10.8. The molecule has 1 heteroatoms.